The number of carbonyl (C=O) groups is 2. The number of hydrazone groups is 1. The maximum absolute atomic E-state index is 14.0. The zero-order chi connectivity index (χ0) is 34.1. The summed E-state index contributed by atoms with van der Waals surface area (Å²) in [5.74, 6) is -0.623. The molecule has 0 radical (unpaired) electrons. The third kappa shape index (κ3) is 8.74. The molecule has 2 atom stereocenters. The van der Waals surface area contributed by atoms with Crippen LogP contribution in [0.2, 0.25) is 0 Å². The van der Waals surface area contributed by atoms with Crippen LogP contribution in [0.5, 0.6) is 17.2 Å². The van der Waals surface area contributed by atoms with Gasteiger partial charge in [-0.15, -0.1) is 0 Å². The molecule has 16 heteroatoms. The van der Waals surface area contributed by atoms with Crippen molar-refractivity contribution in [2.75, 3.05) is 20.3 Å². The third-order valence-corrected chi connectivity index (χ3v) is 7.27. The Morgan fingerprint density at radius 1 is 1.19 bits per heavy atom. The Hall–Kier alpha value is -5.22. The summed E-state index contributed by atoms with van der Waals surface area (Å²) >= 11 is 3.26. The van der Waals surface area contributed by atoms with Gasteiger partial charge < -0.3 is 34.7 Å². The third-order valence-electron chi connectivity index (χ3n) is 6.68. The minimum absolute atomic E-state index is 0.0804. The van der Waals surface area contributed by atoms with E-state index >= 15 is 0 Å². The number of esters is 1. The number of halogens is 2. The second kappa shape index (κ2) is 15.9. The van der Waals surface area contributed by atoms with Crippen molar-refractivity contribution in [3.05, 3.63) is 103 Å². The smallest absolute Gasteiger partial charge is 0.337 e. The van der Waals surface area contributed by atoms with E-state index in [9.17, 15) is 29.2 Å². The fourth-order valence-corrected chi connectivity index (χ4v) is 5.12. The van der Waals surface area contributed by atoms with E-state index in [1.807, 2.05) is 0 Å². The molecule has 1 aliphatic heterocycles. The summed E-state index contributed by atoms with van der Waals surface area (Å²) in [7, 11) is 1.24. The molecular formula is C31H31BrFN5O9. The van der Waals surface area contributed by atoms with Crippen molar-refractivity contribution in [1.29, 1.82) is 0 Å². The first-order valence-corrected chi connectivity index (χ1v) is 14.9. The number of urea groups is 1. The molecule has 14 nitrogen and oxygen atoms in total. The van der Waals surface area contributed by atoms with Crippen molar-refractivity contribution in [2.45, 2.75) is 32.7 Å². The number of allylic oxidation sites excluding steroid dienone is 1. The van der Waals surface area contributed by atoms with Crippen LogP contribution in [0.1, 0.15) is 36.6 Å². The van der Waals surface area contributed by atoms with Crippen LogP contribution in [0.15, 0.2) is 75.4 Å². The van der Waals surface area contributed by atoms with Crippen LogP contribution in [0.4, 0.5) is 14.9 Å². The average Bonchev–Trinajstić information content (AvgIpc) is 3.03. The summed E-state index contributed by atoms with van der Waals surface area (Å²) in [4.78, 5) is 35.7. The van der Waals surface area contributed by atoms with Gasteiger partial charge in [0.2, 0.25) is 5.75 Å². The van der Waals surface area contributed by atoms with Gasteiger partial charge in [-0.1, -0.05) is 24.3 Å². The molecule has 0 bridgehead atoms. The van der Waals surface area contributed by atoms with Gasteiger partial charge >= 0.3 is 17.7 Å². The number of ether oxygens (including phenoxy) is 4. The van der Waals surface area contributed by atoms with E-state index in [2.05, 4.69) is 37.1 Å². The number of aliphatic hydroxyl groups excluding tert-OH is 1. The van der Waals surface area contributed by atoms with Crippen LogP contribution in [0.3, 0.4) is 0 Å². The number of nitrogens with one attached hydrogen (secondary N) is 3. The van der Waals surface area contributed by atoms with E-state index in [4.69, 9.17) is 18.9 Å². The van der Waals surface area contributed by atoms with E-state index in [1.165, 1.54) is 43.7 Å². The zero-order valence-corrected chi connectivity index (χ0v) is 27.0. The van der Waals surface area contributed by atoms with Gasteiger partial charge in [0.25, 0.3) is 0 Å². The summed E-state index contributed by atoms with van der Waals surface area (Å²) < 4.78 is 36.1. The Balaban J connectivity index is 1.41. The fraction of sp³-hybridized carbons (Fsp3) is 0.258. The predicted molar refractivity (Wildman–Crippen MR) is 170 cm³/mol. The number of aliphatic hydroxyl groups is 1. The highest BCUT2D eigenvalue weighted by Crippen LogP contribution is 2.37. The largest absolute Gasteiger partial charge is 0.490 e. The summed E-state index contributed by atoms with van der Waals surface area (Å²) in [6.07, 6.45) is -0.0496. The van der Waals surface area contributed by atoms with Crippen molar-refractivity contribution < 1.29 is 43.0 Å². The number of benzene rings is 3. The first-order chi connectivity index (χ1) is 22.5. The molecule has 0 aliphatic carbocycles. The standard InChI is InChI=1S/C31H31BrFN5O9/c1-4-45-25-13-19(28-27(30(40)44-3)17(2)35-31(41)36-28)9-10-24(25)46-16-26(39)37-34-14-18-11-21(32)29(23(12-18)38(42)43)47-15-20-7-5-6-8-22(20)33/h5-14,26,28,37,39H,4,15-16H2,1-3H3,(H2,35,36,41)/b34-14+/t26-,28+/m1/s1. The van der Waals surface area contributed by atoms with E-state index in [0.29, 0.717) is 22.6 Å². The average molecular weight is 717 g/mol. The van der Waals surface area contributed by atoms with E-state index in [-0.39, 0.29) is 52.6 Å². The lowest BCUT2D eigenvalue weighted by Gasteiger charge is -2.28. The van der Waals surface area contributed by atoms with Crippen LogP contribution in [-0.2, 0) is 16.1 Å². The second-order valence-electron chi connectivity index (χ2n) is 9.90. The molecule has 1 heterocycles. The number of rotatable bonds is 14. The van der Waals surface area contributed by atoms with Crippen molar-refractivity contribution >= 4 is 39.8 Å². The Morgan fingerprint density at radius 3 is 2.66 bits per heavy atom. The van der Waals surface area contributed by atoms with Gasteiger partial charge in [-0.25, -0.2) is 14.0 Å². The molecule has 1 aliphatic rings. The Morgan fingerprint density at radius 2 is 1.96 bits per heavy atom. The molecule has 0 fully saturated rings. The molecule has 4 N–H and O–H groups in total. The summed E-state index contributed by atoms with van der Waals surface area (Å²) in [6.45, 7) is 3.13. The molecule has 2 amide bonds. The maximum atomic E-state index is 14.0. The molecule has 0 spiro atoms. The van der Waals surface area contributed by atoms with Gasteiger partial charge in [-0.3, -0.25) is 15.5 Å². The molecule has 4 rings (SSSR count). The molecule has 0 unspecified atom stereocenters. The molecule has 248 valence electrons. The topological polar surface area (TPSA) is 183 Å². The molecule has 0 saturated carbocycles. The molecule has 47 heavy (non-hydrogen) atoms. The normalized spacial score (nSPS) is 15.0. The number of nitro groups is 1. The van der Waals surface area contributed by atoms with Crippen molar-refractivity contribution in [2.24, 2.45) is 5.10 Å². The Labute approximate surface area is 276 Å². The van der Waals surface area contributed by atoms with Gasteiger partial charge in [0, 0.05) is 22.9 Å². The molecule has 0 aromatic heterocycles. The summed E-state index contributed by atoms with van der Waals surface area (Å²) in [6, 6.07) is 12.2. The van der Waals surface area contributed by atoms with E-state index < -0.39 is 35.0 Å². The first-order valence-electron chi connectivity index (χ1n) is 14.1. The van der Waals surface area contributed by atoms with E-state index in [0.717, 1.165) is 0 Å². The predicted octanol–water partition coefficient (Wildman–Crippen LogP) is 4.60. The minimum atomic E-state index is -1.30. The number of nitrogens with zero attached hydrogens (tertiary/aromatic N) is 2. The van der Waals surface area contributed by atoms with Gasteiger partial charge in [0.15, 0.2) is 17.7 Å². The van der Waals surface area contributed by atoms with Gasteiger partial charge in [0.1, 0.15) is 19.0 Å². The van der Waals surface area contributed by atoms with Crippen LogP contribution in [0, 0.1) is 15.9 Å². The summed E-state index contributed by atoms with van der Waals surface area (Å²) in [5.41, 5.74) is 3.75. The second-order valence-corrected chi connectivity index (χ2v) is 10.8. The fourth-order valence-electron chi connectivity index (χ4n) is 4.54. The Kier molecular flexibility index (Phi) is 11.7. The molecule has 0 saturated heterocycles. The number of methoxy groups -OCH3 is 1. The lowest BCUT2D eigenvalue weighted by molar-refractivity contribution is -0.386. The van der Waals surface area contributed by atoms with Gasteiger partial charge in [0.05, 0.1) is 40.9 Å². The highest BCUT2D eigenvalue weighted by molar-refractivity contribution is 9.10. The number of hydrogen-bond donors (Lipinski definition) is 4. The van der Waals surface area contributed by atoms with Crippen LogP contribution in [-0.4, -0.2) is 54.8 Å². The van der Waals surface area contributed by atoms with Gasteiger partial charge in [-0.2, -0.15) is 5.10 Å². The Bertz CT molecular complexity index is 1720. The number of hydrogen-bond acceptors (Lipinski definition) is 11. The van der Waals surface area contributed by atoms with Crippen LogP contribution < -0.4 is 30.3 Å². The highest BCUT2D eigenvalue weighted by atomic mass is 79.9. The SMILES string of the molecule is CCOc1cc([C@@H]2NC(=O)NC(C)=C2C(=O)OC)ccc1OC[C@@H](O)N/N=C/c1cc(Br)c(OCc2ccccc2F)c([N+](=O)[O-])c1. The number of amides is 2. The van der Waals surface area contributed by atoms with Crippen molar-refractivity contribution in [3.63, 3.8) is 0 Å². The van der Waals surface area contributed by atoms with Crippen molar-refractivity contribution in [3.8, 4) is 17.2 Å². The monoisotopic (exact) mass is 715 g/mol. The minimum Gasteiger partial charge on any atom is -0.490 e. The van der Waals surface area contributed by atoms with E-state index in [1.54, 1.807) is 38.1 Å². The lowest BCUT2D eigenvalue weighted by Crippen LogP contribution is -2.45. The zero-order valence-electron chi connectivity index (χ0n) is 25.4. The van der Waals surface area contributed by atoms with Gasteiger partial charge in [-0.05, 0) is 59.6 Å². The molecule has 3 aromatic rings. The lowest BCUT2D eigenvalue weighted by atomic mass is 9.95. The van der Waals surface area contributed by atoms with Crippen LogP contribution in [0.25, 0.3) is 0 Å². The highest BCUT2D eigenvalue weighted by Gasteiger charge is 2.32. The number of nitro benzene ring substituents is 1. The quantitative estimate of drug-likeness (QED) is 0.0605. The van der Waals surface area contributed by atoms with Crippen LogP contribution >= 0.6 is 15.9 Å². The molecule has 3 aromatic carbocycles. The van der Waals surface area contributed by atoms with Crippen molar-refractivity contribution in [1.82, 2.24) is 16.1 Å². The first kappa shape index (κ1) is 34.6. The maximum Gasteiger partial charge on any atom is 0.337 e. The summed E-state index contributed by atoms with van der Waals surface area (Å²) in [5, 5.41) is 31.4. The number of carbonyl (C=O) groups excluding carboxylic acids is 2. The molecular weight excluding hydrogens is 685 g/mol.